The summed E-state index contributed by atoms with van der Waals surface area (Å²) in [6.07, 6.45) is 1.66. The average Bonchev–Trinajstić information content (AvgIpc) is 3.21. The third-order valence-electron chi connectivity index (χ3n) is 4.60. The predicted molar refractivity (Wildman–Crippen MR) is 119 cm³/mol. The molecule has 0 N–H and O–H groups in total. The summed E-state index contributed by atoms with van der Waals surface area (Å²) in [5, 5.41) is 4.32. The molecule has 134 valence electrons. The summed E-state index contributed by atoms with van der Waals surface area (Å²) < 4.78 is 0. The minimum Gasteiger partial charge on any atom is -0.229 e. The molecule has 5 rings (SSSR count). The van der Waals surface area contributed by atoms with Crippen molar-refractivity contribution in [1.82, 2.24) is 9.97 Å². The topological polar surface area (TPSA) is 25.8 Å². The Balaban J connectivity index is 1.56. The van der Waals surface area contributed by atoms with Gasteiger partial charge in [-0.25, -0.2) is 9.97 Å². The van der Waals surface area contributed by atoms with E-state index in [2.05, 4.69) is 88.1 Å². The van der Waals surface area contributed by atoms with Gasteiger partial charge in [-0.3, -0.25) is 0 Å². The molecule has 5 aromatic rings. The second-order valence-electron chi connectivity index (χ2n) is 6.37. The highest BCUT2D eigenvalue weighted by molar-refractivity contribution is 7.99. The van der Waals surface area contributed by atoms with Gasteiger partial charge in [0.15, 0.2) is 0 Å². The molecule has 2 nitrogen and oxygen atoms in total. The van der Waals surface area contributed by atoms with Gasteiger partial charge < -0.3 is 0 Å². The van der Waals surface area contributed by atoms with Crippen molar-refractivity contribution in [3.8, 4) is 22.3 Å². The number of aromatic nitrogens is 2. The fraction of sp³-hybridized carbons (Fsp3) is 0. The molecule has 0 saturated heterocycles. The fourth-order valence-corrected chi connectivity index (χ4v) is 5.12. The van der Waals surface area contributed by atoms with E-state index in [0.29, 0.717) is 0 Å². The fourth-order valence-electron chi connectivity index (χ4n) is 3.21. The van der Waals surface area contributed by atoms with Crippen LogP contribution in [-0.2, 0) is 0 Å². The van der Waals surface area contributed by atoms with E-state index in [1.807, 2.05) is 12.1 Å². The summed E-state index contributed by atoms with van der Waals surface area (Å²) in [7, 11) is 0. The zero-order chi connectivity index (χ0) is 18.8. The van der Waals surface area contributed by atoms with E-state index in [4.69, 9.17) is 0 Å². The van der Waals surface area contributed by atoms with Crippen LogP contribution in [0.15, 0.2) is 107 Å². The van der Waals surface area contributed by atoms with Crippen molar-refractivity contribution in [2.75, 3.05) is 0 Å². The van der Waals surface area contributed by atoms with Crippen LogP contribution < -0.4 is 0 Å². The first-order valence-electron chi connectivity index (χ1n) is 8.99. The second-order valence-corrected chi connectivity index (χ2v) is 8.29. The quantitative estimate of drug-likeness (QED) is 0.301. The summed E-state index contributed by atoms with van der Waals surface area (Å²) in [5.41, 5.74) is 4.83. The van der Waals surface area contributed by atoms with Crippen molar-refractivity contribution in [1.29, 1.82) is 0 Å². The molecule has 2 heterocycles. The molecule has 0 amide bonds. The van der Waals surface area contributed by atoms with Crippen LogP contribution in [0.4, 0.5) is 0 Å². The molecule has 0 aliphatic heterocycles. The highest BCUT2D eigenvalue weighted by Gasteiger charge is 2.14. The Morgan fingerprint density at radius 2 is 1.29 bits per heavy atom. The molecule has 0 atom stereocenters. The third kappa shape index (κ3) is 3.33. The van der Waals surface area contributed by atoms with Crippen LogP contribution in [-0.4, -0.2) is 9.97 Å². The number of fused-ring (bicyclic) bond motifs is 1. The van der Waals surface area contributed by atoms with Crippen LogP contribution in [0.5, 0.6) is 0 Å². The Labute approximate surface area is 171 Å². The van der Waals surface area contributed by atoms with Gasteiger partial charge in [0.2, 0.25) is 0 Å². The van der Waals surface area contributed by atoms with Crippen LogP contribution in [0.3, 0.4) is 0 Å². The van der Waals surface area contributed by atoms with Crippen molar-refractivity contribution in [3.05, 3.63) is 96.6 Å². The molecule has 0 spiro atoms. The molecule has 0 aliphatic carbocycles. The van der Waals surface area contributed by atoms with Crippen LogP contribution in [0, 0.1) is 0 Å². The molecule has 0 aliphatic rings. The van der Waals surface area contributed by atoms with Crippen molar-refractivity contribution >= 4 is 33.3 Å². The molecule has 0 fully saturated rings. The van der Waals surface area contributed by atoms with Gasteiger partial charge in [-0.1, -0.05) is 84.6 Å². The van der Waals surface area contributed by atoms with Gasteiger partial charge in [0.05, 0.1) is 5.39 Å². The molecular formula is C24H16N2S2. The molecule has 4 heteroatoms. The molecular weight excluding hydrogens is 380 g/mol. The summed E-state index contributed by atoms with van der Waals surface area (Å²) in [4.78, 5) is 11.3. The SMILES string of the molecule is c1ccc(Sc2ncnc3scc(-c4ccc(-c5ccccc5)cc4)c23)cc1. The first-order chi connectivity index (χ1) is 13.9. The van der Waals surface area contributed by atoms with E-state index in [1.54, 1.807) is 29.4 Å². The Kier molecular flexibility index (Phi) is 4.65. The molecule has 3 aromatic carbocycles. The zero-order valence-electron chi connectivity index (χ0n) is 14.9. The molecule has 28 heavy (non-hydrogen) atoms. The van der Waals surface area contributed by atoms with E-state index < -0.39 is 0 Å². The van der Waals surface area contributed by atoms with E-state index in [9.17, 15) is 0 Å². The van der Waals surface area contributed by atoms with Gasteiger partial charge in [0, 0.05) is 15.8 Å². The van der Waals surface area contributed by atoms with Gasteiger partial charge in [-0.15, -0.1) is 11.3 Å². The number of hydrogen-bond acceptors (Lipinski definition) is 4. The number of hydrogen-bond donors (Lipinski definition) is 0. The smallest absolute Gasteiger partial charge is 0.128 e. The van der Waals surface area contributed by atoms with Gasteiger partial charge >= 0.3 is 0 Å². The van der Waals surface area contributed by atoms with Crippen molar-refractivity contribution in [2.24, 2.45) is 0 Å². The average molecular weight is 397 g/mol. The van der Waals surface area contributed by atoms with Gasteiger partial charge in [0.1, 0.15) is 16.2 Å². The van der Waals surface area contributed by atoms with Crippen molar-refractivity contribution in [3.63, 3.8) is 0 Å². The Hall–Kier alpha value is -2.95. The first-order valence-corrected chi connectivity index (χ1v) is 10.7. The Morgan fingerprint density at radius 1 is 0.643 bits per heavy atom. The summed E-state index contributed by atoms with van der Waals surface area (Å²) in [5.74, 6) is 0. The molecule has 0 radical (unpaired) electrons. The standard InChI is InChI=1S/C24H16N2S2/c1-3-7-17(8-4-1)18-11-13-19(14-12-18)21-15-27-23-22(21)24(26-16-25-23)28-20-9-5-2-6-10-20/h1-16H. The highest BCUT2D eigenvalue weighted by Crippen LogP contribution is 2.40. The maximum atomic E-state index is 4.58. The van der Waals surface area contributed by atoms with E-state index in [0.717, 1.165) is 15.2 Å². The minimum absolute atomic E-state index is 1.000. The normalized spacial score (nSPS) is 11.0. The number of nitrogens with zero attached hydrogens (tertiary/aromatic N) is 2. The maximum Gasteiger partial charge on any atom is 0.128 e. The largest absolute Gasteiger partial charge is 0.229 e. The van der Waals surface area contributed by atoms with Crippen LogP contribution >= 0.6 is 23.1 Å². The van der Waals surface area contributed by atoms with Crippen molar-refractivity contribution in [2.45, 2.75) is 9.92 Å². The lowest BCUT2D eigenvalue weighted by molar-refractivity contribution is 1.11. The lowest BCUT2D eigenvalue weighted by Crippen LogP contribution is -1.86. The lowest BCUT2D eigenvalue weighted by atomic mass is 10.0. The van der Waals surface area contributed by atoms with E-state index in [1.165, 1.54) is 27.1 Å². The maximum absolute atomic E-state index is 4.58. The van der Waals surface area contributed by atoms with Gasteiger partial charge in [-0.05, 0) is 28.8 Å². The number of rotatable bonds is 4. The third-order valence-corrected chi connectivity index (χ3v) is 6.49. The monoisotopic (exact) mass is 396 g/mol. The zero-order valence-corrected chi connectivity index (χ0v) is 16.6. The van der Waals surface area contributed by atoms with Crippen LogP contribution in [0.2, 0.25) is 0 Å². The summed E-state index contributed by atoms with van der Waals surface area (Å²) in [6, 6.07) is 29.6. The van der Waals surface area contributed by atoms with Crippen LogP contribution in [0.25, 0.3) is 32.5 Å². The van der Waals surface area contributed by atoms with Crippen LogP contribution in [0.1, 0.15) is 0 Å². The Morgan fingerprint density at radius 3 is 2.04 bits per heavy atom. The van der Waals surface area contributed by atoms with Crippen molar-refractivity contribution < 1.29 is 0 Å². The summed E-state index contributed by atoms with van der Waals surface area (Å²) in [6.45, 7) is 0. The number of benzene rings is 3. The molecule has 2 aromatic heterocycles. The second kappa shape index (κ2) is 7.58. The molecule has 0 saturated carbocycles. The highest BCUT2D eigenvalue weighted by atomic mass is 32.2. The minimum atomic E-state index is 1.000. The van der Waals surface area contributed by atoms with E-state index >= 15 is 0 Å². The first kappa shape index (κ1) is 17.2. The van der Waals surface area contributed by atoms with E-state index in [-0.39, 0.29) is 0 Å². The van der Waals surface area contributed by atoms with Gasteiger partial charge in [0.25, 0.3) is 0 Å². The lowest BCUT2D eigenvalue weighted by Gasteiger charge is -2.07. The van der Waals surface area contributed by atoms with Gasteiger partial charge in [-0.2, -0.15) is 0 Å². The summed E-state index contributed by atoms with van der Waals surface area (Å²) >= 11 is 3.36. The number of thiophene rings is 1. The Bertz CT molecular complexity index is 1210. The molecule has 0 bridgehead atoms. The molecule has 0 unspecified atom stereocenters. The predicted octanol–water partition coefficient (Wildman–Crippen LogP) is 7.18.